The summed E-state index contributed by atoms with van der Waals surface area (Å²) in [5, 5.41) is 6.10. The molecule has 0 aliphatic heterocycles. The van der Waals surface area contributed by atoms with Gasteiger partial charge in [-0.3, -0.25) is 5.32 Å². The van der Waals surface area contributed by atoms with Gasteiger partial charge in [-0.2, -0.15) is 0 Å². The Labute approximate surface area is 128 Å². The zero-order valence-corrected chi connectivity index (χ0v) is 12.6. The molecular weight excluding hydrogens is 353 g/mol. The minimum atomic E-state index is -0.423. The molecule has 0 bridgehead atoms. The van der Waals surface area contributed by atoms with Gasteiger partial charge in [0.25, 0.3) is 0 Å². The normalized spacial score (nSPS) is 10.1. The number of carbonyl (C=O) groups is 1. The van der Waals surface area contributed by atoms with Crippen molar-refractivity contribution in [3.8, 4) is 0 Å². The molecule has 0 spiro atoms. The molecule has 0 unspecified atom stereocenters. The largest absolute Gasteiger partial charge is 0.324 e. The minimum Gasteiger partial charge on any atom is -0.308 e. The number of pyridine rings is 1. The average Bonchev–Trinajstić information content (AvgIpc) is 2.30. The molecule has 19 heavy (non-hydrogen) atoms. The van der Waals surface area contributed by atoms with E-state index in [1.807, 2.05) is 0 Å². The van der Waals surface area contributed by atoms with Gasteiger partial charge in [-0.15, -0.1) is 0 Å². The van der Waals surface area contributed by atoms with Crippen LogP contribution in [0.1, 0.15) is 0 Å². The third-order valence-electron chi connectivity index (χ3n) is 2.09. The van der Waals surface area contributed by atoms with Crippen molar-refractivity contribution < 1.29 is 4.79 Å². The van der Waals surface area contributed by atoms with Crippen molar-refractivity contribution in [3.63, 3.8) is 0 Å². The van der Waals surface area contributed by atoms with Gasteiger partial charge in [0.2, 0.25) is 0 Å². The average molecular weight is 361 g/mol. The van der Waals surface area contributed by atoms with E-state index in [4.69, 9.17) is 23.2 Å². The van der Waals surface area contributed by atoms with Crippen LogP contribution < -0.4 is 10.6 Å². The highest BCUT2D eigenvalue weighted by Gasteiger charge is 2.05. The lowest BCUT2D eigenvalue weighted by atomic mass is 10.3. The molecular formula is C12H8BrCl2N3O. The van der Waals surface area contributed by atoms with Gasteiger partial charge in [0.1, 0.15) is 5.82 Å². The Morgan fingerprint density at radius 2 is 1.79 bits per heavy atom. The van der Waals surface area contributed by atoms with Crippen LogP contribution in [-0.2, 0) is 0 Å². The molecule has 0 radical (unpaired) electrons. The van der Waals surface area contributed by atoms with Gasteiger partial charge in [0, 0.05) is 26.4 Å². The van der Waals surface area contributed by atoms with Gasteiger partial charge >= 0.3 is 6.03 Å². The van der Waals surface area contributed by atoms with Crippen LogP contribution in [0.25, 0.3) is 0 Å². The lowest BCUT2D eigenvalue weighted by Crippen LogP contribution is -2.20. The Balaban J connectivity index is 2.03. The second-order valence-corrected chi connectivity index (χ2v) is 5.39. The second-order valence-electron chi connectivity index (χ2n) is 3.60. The van der Waals surface area contributed by atoms with E-state index in [1.54, 1.807) is 36.5 Å². The highest BCUT2D eigenvalue weighted by molar-refractivity contribution is 9.10. The highest BCUT2D eigenvalue weighted by Crippen LogP contribution is 2.22. The molecule has 0 aliphatic carbocycles. The van der Waals surface area contributed by atoms with Crippen molar-refractivity contribution in [2.24, 2.45) is 0 Å². The Morgan fingerprint density at radius 1 is 1.11 bits per heavy atom. The van der Waals surface area contributed by atoms with E-state index in [2.05, 4.69) is 31.5 Å². The molecule has 0 atom stereocenters. The fraction of sp³-hybridized carbons (Fsp3) is 0. The summed E-state index contributed by atoms with van der Waals surface area (Å²) in [7, 11) is 0. The van der Waals surface area contributed by atoms with Gasteiger partial charge in [-0.1, -0.05) is 23.2 Å². The van der Waals surface area contributed by atoms with E-state index in [9.17, 15) is 4.79 Å². The summed E-state index contributed by atoms with van der Waals surface area (Å²) in [4.78, 5) is 15.8. The highest BCUT2D eigenvalue weighted by atomic mass is 79.9. The summed E-state index contributed by atoms with van der Waals surface area (Å²) in [5.74, 6) is 0.439. The molecule has 1 aromatic carbocycles. The maximum Gasteiger partial charge on any atom is 0.324 e. The Morgan fingerprint density at radius 3 is 2.37 bits per heavy atom. The summed E-state index contributed by atoms with van der Waals surface area (Å²) in [6.45, 7) is 0. The number of halogens is 3. The summed E-state index contributed by atoms with van der Waals surface area (Å²) in [6, 6.07) is 7.81. The van der Waals surface area contributed by atoms with E-state index < -0.39 is 6.03 Å². The number of hydrogen-bond donors (Lipinski definition) is 2. The predicted molar refractivity (Wildman–Crippen MR) is 81.0 cm³/mol. The van der Waals surface area contributed by atoms with Crippen LogP contribution in [-0.4, -0.2) is 11.0 Å². The predicted octanol–water partition coefficient (Wildman–Crippen LogP) is 4.79. The molecule has 1 aromatic heterocycles. The van der Waals surface area contributed by atoms with Gasteiger partial charge in [0.05, 0.1) is 0 Å². The van der Waals surface area contributed by atoms with Crippen molar-refractivity contribution in [1.82, 2.24) is 4.98 Å². The second kappa shape index (κ2) is 6.23. The van der Waals surface area contributed by atoms with E-state index in [0.717, 1.165) is 4.47 Å². The molecule has 0 fully saturated rings. The van der Waals surface area contributed by atoms with Crippen LogP contribution in [0.4, 0.5) is 16.3 Å². The number of rotatable bonds is 2. The van der Waals surface area contributed by atoms with E-state index in [1.165, 1.54) is 0 Å². The number of urea groups is 1. The van der Waals surface area contributed by atoms with Gasteiger partial charge < -0.3 is 5.32 Å². The lowest BCUT2D eigenvalue weighted by Gasteiger charge is -2.07. The zero-order valence-electron chi connectivity index (χ0n) is 9.45. The minimum absolute atomic E-state index is 0.423. The third kappa shape index (κ3) is 4.38. The number of nitrogens with zero attached hydrogens (tertiary/aromatic N) is 1. The first-order valence-corrected chi connectivity index (χ1v) is 6.73. The number of benzene rings is 1. The molecule has 2 amide bonds. The Kier molecular flexibility index (Phi) is 4.63. The van der Waals surface area contributed by atoms with E-state index >= 15 is 0 Å². The maximum absolute atomic E-state index is 11.7. The van der Waals surface area contributed by atoms with Crippen LogP contribution in [0.3, 0.4) is 0 Å². The van der Waals surface area contributed by atoms with Crippen molar-refractivity contribution in [2.45, 2.75) is 0 Å². The number of carbonyl (C=O) groups excluding carboxylic acids is 1. The summed E-state index contributed by atoms with van der Waals surface area (Å²) in [5.41, 5.74) is 0.507. The van der Waals surface area contributed by atoms with Crippen LogP contribution in [0.2, 0.25) is 10.0 Å². The lowest BCUT2D eigenvalue weighted by molar-refractivity contribution is 0.262. The van der Waals surface area contributed by atoms with E-state index in [0.29, 0.717) is 21.6 Å². The van der Waals surface area contributed by atoms with Crippen LogP contribution in [0.15, 0.2) is 41.0 Å². The fourth-order valence-electron chi connectivity index (χ4n) is 1.35. The number of anilines is 2. The number of amides is 2. The smallest absolute Gasteiger partial charge is 0.308 e. The molecule has 0 aliphatic rings. The molecule has 2 aromatic rings. The van der Waals surface area contributed by atoms with Crippen molar-refractivity contribution >= 4 is 56.7 Å². The van der Waals surface area contributed by atoms with Crippen molar-refractivity contribution in [1.29, 1.82) is 0 Å². The van der Waals surface area contributed by atoms with Gasteiger partial charge in [-0.05, 0) is 46.3 Å². The molecule has 0 saturated heterocycles. The van der Waals surface area contributed by atoms with E-state index in [-0.39, 0.29) is 0 Å². The summed E-state index contributed by atoms with van der Waals surface area (Å²) < 4.78 is 0.833. The first-order chi connectivity index (χ1) is 9.02. The standard InChI is InChI=1S/C12H8BrCl2N3O/c13-7-1-2-11(16-6-7)18-12(19)17-10-4-8(14)3-9(15)5-10/h1-6H,(H2,16,17,18,19). The molecule has 7 heteroatoms. The van der Waals surface area contributed by atoms with Crippen molar-refractivity contribution in [3.05, 3.63) is 51.0 Å². The number of hydrogen-bond acceptors (Lipinski definition) is 2. The molecule has 0 saturated carbocycles. The fourth-order valence-corrected chi connectivity index (χ4v) is 2.12. The molecule has 98 valence electrons. The monoisotopic (exact) mass is 359 g/mol. The molecule has 4 nitrogen and oxygen atoms in total. The number of aromatic nitrogens is 1. The number of nitrogens with one attached hydrogen (secondary N) is 2. The van der Waals surface area contributed by atoms with Crippen molar-refractivity contribution in [2.75, 3.05) is 10.6 Å². The Hall–Kier alpha value is -1.30. The molecule has 2 N–H and O–H groups in total. The van der Waals surface area contributed by atoms with Gasteiger partial charge in [0.15, 0.2) is 0 Å². The first-order valence-electron chi connectivity index (χ1n) is 5.18. The zero-order chi connectivity index (χ0) is 13.8. The third-order valence-corrected chi connectivity index (χ3v) is 2.99. The SMILES string of the molecule is O=C(Nc1cc(Cl)cc(Cl)c1)Nc1ccc(Br)cn1. The van der Waals surface area contributed by atoms with Gasteiger partial charge in [-0.25, -0.2) is 9.78 Å². The van der Waals surface area contributed by atoms with Crippen LogP contribution in [0, 0.1) is 0 Å². The maximum atomic E-state index is 11.7. The summed E-state index contributed by atoms with van der Waals surface area (Å²) in [6.07, 6.45) is 1.59. The topological polar surface area (TPSA) is 54.0 Å². The Bertz CT molecular complexity index is 584. The quantitative estimate of drug-likeness (QED) is 0.808. The van der Waals surface area contributed by atoms with Crippen LogP contribution in [0.5, 0.6) is 0 Å². The van der Waals surface area contributed by atoms with Crippen LogP contribution >= 0.6 is 39.1 Å². The first kappa shape index (κ1) is 14.1. The molecule has 1 heterocycles. The summed E-state index contributed by atoms with van der Waals surface area (Å²) >= 11 is 14.9. The molecule has 2 rings (SSSR count).